The van der Waals surface area contributed by atoms with E-state index in [1.54, 1.807) is 0 Å². The highest BCUT2D eigenvalue weighted by Crippen LogP contribution is 2.33. The molecule has 1 saturated carbocycles. The Labute approximate surface area is 149 Å². The van der Waals surface area contributed by atoms with Crippen LogP contribution in [0.2, 0.25) is 0 Å². The summed E-state index contributed by atoms with van der Waals surface area (Å²) in [5.41, 5.74) is 0. The number of rotatable bonds is 6. The van der Waals surface area contributed by atoms with E-state index in [1.807, 2.05) is 11.8 Å². The molecule has 3 N–H and O–H groups in total. The van der Waals surface area contributed by atoms with Gasteiger partial charge in [0.15, 0.2) is 0 Å². The summed E-state index contributed by atoms with van der Waals surface area (Å²) in [6.07, 6.45) is 7.37. The molecule has 6 heteroatoms. The highest BCUT2D eigenvalue weighted by Gasteiger charge is 2.42. The van der Waals surface area contributed by atoms with Gasteiger partial charge in [0.1, 0.15) is 0 Å². The topological polar surface area (TPSA) is 70.2 Å². The van der Waals surface area contributed by atoms with Crippen LogP contribution < -0.4 is 16.0 Å². The van der Waals surface area contributed by atoms with Gasteiger partial charge in [-0.05, 0) is 31.1 Å². The molecular formula is C18H31N3O2S. The predicted molar refractivity (Wildman–Crippen MR) is 98.1 cm³/mol. The molecule has 0 spiro atoms. The number of carbonyl (C=O) groups excluding carboxylic acids is 2. The van der Waals surface area contributed by atoms with E-state index in [0.717, 1.165) is 31.4 Å². The molecule has 3 aliphatic rings. The van der Waals surface area contributed by atoms with Crippen LogP contribution in [0.4, 0.5) is 4.79 Å². The summed E-state index contributed by atoms with van der Waals surface area (Å²) in [5.74, 6) is 2.53. The van der Waals surface area contributed by atoms with Crippen LogP contribution in [0.25, 0.3) is 0 Å². The minimum absolute atomic E-state index is 0.0227. The first-order chi connectivity index (χ1) is 11.5. The summed E-state index contributed by atoms with van der Waals surface area (Å²) in [5, 5.41) is 9.76. The van der Waals surface area contributed by atoms with E-state index in [0.29, 0.717) is 35.6 Å². The maximum atomic E-state index is 12.2. The highest BCUT2D eigenvalue weighted by molar-refractivity contribution is 8.00. The smallest absolute Gasteiger partial charge is 0.315 e. The van der Waals surface area contributed by atoms with E-state index in [2.05, 4.69) is 29.8 Å². The molecule has 0 bridgehead atoms. The van der Waals surface area contributed by atoms with Crippen LogP contribution in [0.15, 0.2) is 0 Å². The van der Waals surface area contributed by atoms with Gasteiger partial charge < -0.3 is 16.0 Å². The van der Waals surface area contributed by atoms with E-state index >= 15 is 0 Å². The van der Waals surface area contributed by atoms with E-state index < -0.39 is 0 Å². The summed E-state index contributed by atoms with van der Waals surface area (Å²) in [4.78, 5) is 23.6. The lowest BCUT2D eigenvalue weighted by Crippen LogP contribution is -2.43. The molecule has 3 rings (SSSR count). The fourth-order valence-corrected chi connectivity index (χ4v) is 5.88. The van der Waals surface area contributed by atoms with Gasteiger partial charge in [0, 0.05) is 23.5 Å². The van der Waals surface area contributed by atoms with Crippen LogP contribution in [-0.4, -0.2) is 41.1 Å². The largest absolute Gasteiger partial charge is 0.353 e. The van der Waals surface area contributed by atoms with Crippen LogP contribution in [0, 0.1) is 11.8 Å². The average molecular weight is 354 g/mol. The number of nitrogens with one attached hydrogen (secondary N) is 3. The van der Waals surface area contributed by atoms with Gasteiger partial charge >= 0.3 is 6.03 Å². The molecule has 2 saturated heterocycles. The van der Waals surface area contributed by atoms with Gasteiger partial charge in [-0.15, -0.1) is 0 Å². The second-order valence-corrected chi connectivity index (χ2v) is 9.08. The third-order valence-electron chi connectivity index (χ3n) is 6.13. The first-order valence-electron chi connectivity index (χ1n) is 9.52. The van der Waals surface area contributed by atoms with E-state index in [-0.39, 0.29) is 18.0 Å². The van der Waals surface area contributed by atoms with E-state index in [1.165, 1.54) is 12.8 Å². The lowest BCUT2D eigenvalue weighted by molar-refractivity contribution is -0.122. The molecule has 5 nitrogen and oxygen atoms in total. The molecule has 0 radical (unpaired) electrons. The van der Waals surface area contributed by atoms with Crippen molar-refractivity contribution in [1.29, 1.82) is 0 Å². The van der Waals surface area contributed by atoms with Gasteiger partial charge in [-0.1, -0.05) is 33.1 Å². The Bertz CT molecular complexity index is 473. The maximum absolute atomic E-state index is 12.2. The van der Waals surface area contributed by atoms with Gasteiger partial charge in [0.05, 0.1) is 12.1 Å². The van der Waals surface area contributed by atoms with Crippen molar-refractivity contribution in [3.8, 4) is 0 Å². The average Bonchev–Trinajstić information content (AvgIpc) is 3.08. The molecule has 0 aromatic rings. The summed E-state index contributed by atoms with van der Waals surface area (Å²) in [7, 11) is 0. The fraction of sp³-hybridized carbons (Fsp3) is 0.889. The number of hydrogen-bond acceptors (Lipinski definition) is 3. The number of unbranched alkanes of at least 4 members (excludes halogenated alkanes) is 1. The van der Waals surface area contributed by atoms with Crippen molar-refractivity contribution in [1.82, 2.24) is 16.0 Å². The zero-order valence-electron chi connectivity index (χ0n) is 14.8. The fourth-order valence-electron chi connectivity index (χ4n) is 4.34. The van der Waals surface area contributed by atoms with Crippen molar-refractivity contribution in [2.45, 2.75) is 82.2 Å². The Morgan fingerprint density at radius 1 is 1.25 bits per heavy atom. The molecule has 2 aliphatic heterocycles. The predicted octanol–water partition coefficient (Wildman–Crippen LogP) is 2.65. The Morgan fingerprint density at radius 3 is 2.92 bits per heavy atom. The van der Waals surface area contributed by atoms with Crippen LogP contribution in [-0.2, 0) is 4.79 Å². The summed E-state index contributed by atoms with van der Waals surface area (Å²) >= 11 is 1.95. The third-order valence-corrected chi connectivity index (χ3v) is 7.64. The molecule has 0 aromatic heterocycles. The normalized spacial score (nSPS) is 38.3. The van der Waals surface area contributed by atoms with Crippen molar-refractivity contribution in [2.75, 3.05) is 5.75 Å². The van der Waals surface area contributed by atoms with Crippen LogP contribution in [0.1, 0.15) is 58.8 Å². The zero-order chi connectivity index (χ0) is 17.1. The Kier molecular flexibility index (Phi) is 5.95. The number of urea groups is 1. The molecule has 6 atom stereocenters. The Hall–Kier alpha value is -0.910. The Morgan fingerprint density at radius 2 is 2.08 bits per heavy atom. The van der Waals surface area contributed by atoms with Gasteiger partial charge in [-0.2, -0.15) is 11.8 Å². The molecule has 0 aromatic carbocycles. The van der Waals surface area contributed by atoms with Crippen molar-refractivity contribution >= 4 is 23.7 Å². The standard InChI is InChI=1S/C18H31N3O2S/c1-11-6-5-7-13(12(11)2)19-16(22)9-4-3-8-15-17-14(10-24-15)20-18(23)21-17/h11-15,17H,3-10H2,1-2H3,(H,19,22)(H2,20,21,23)/t11?,12?,13?,14-,15-,17-/m0/s1. The summed E-state index contributed by atoms with van der Waals surface area (Å²) < 4.78 is 0. The molecule has 3 unspecified atom stereocenters. The van der Waals surface area contributed by atoms with Gasteiger partial charge in [-0.25, -0.2) is 4.79 Å². The summed E-state index contributed by atoms with van der Waals surface area (Å²) in [6, 6.07) is 0.921. The second-order valence-electron chi connectivity index (χ2n) is 7.81. The third kappa shape index (κ3) is 4.19. The lowest BCUT2D eigenvalue weighted by Gasteiger charge is -2.34. The SMILES string of the molecule is CC1CCCC(NC(=O)CCCC[C@@H]2SC[C@@H]3NC(=O)N[C@@H]32)C1C. The number of carbonyl (C=O) groups is 2. The molecule has 2 heterocycles. The monoisotopic (exact) mass is 353 g/mol. The summed E-state index contributed by atoms with van der Waals surface area (Å²) in [6.45, 7) is 4.57. The van der Waals surface area contributed by atoms with Gasteiger partial charge in [0.2, 0.25) is 5.91 Å². The quantitative estimate of drug-likeness (QED) is 0.508. The van der Waals surface area contributed by atoms with Crippen LogP contribution >= 0.6 is 11.8 Å². The number of fused-ring (bicyclic) bond motifs is 1. The first-order valence-corrected chi connectivity index (χ1v) is 10.6. The lowest BCUT2D eigenvalue weighted by atomic mass is 9.78. The van der Waals surface area contributed by atoms with E-state index in [9.17, 15) is 9.59 Å². The van der Waals surface area contributed by atoms with Crippen molar-refractivity contribution in [3.05, 3.63) is 0 Å². The van der Waals surface area contributed by atoms with Crippen molar-refractivity contribution in [2.24, 2.45) is 11.8 Å². The van der Waals surface area contributed by atoms with Gasteiger partial charge in [0.25, 0.3) is 0 Å². The number of hydrogen-bond donors (Lipinski definition) is 3. The Balaban J connectivity index is 1.32. The molecule has 3 fully saturated rings. The zero-order valence-corrected chi connectivity index (χ0v) is 15.7. The van der Waals surface area contributed by atoms with Crippen molar-refractivity contribution < 1.29 is 9.59 Å². The maximum Gasteiger partial charge on any atom is 0.315 e. The number of amides is 3. The molecular weight excluding hydrogens is 322 g/mol. The van der Waals surface area contributed by atoms with E-state index in [4.69, 9.17) is 0 Å². The second kappa shape index (κ2) is 7.98. The molecule has 24 heavy (non-hydrogen) atoms. The van der Waals surface area contributed by atoms with Gasteiger partial charge in [-0.3, -0.25) is 4.79 Å². The first kappa shape index (κ1) is 17.9. The minimum atomic E-state index is -0.0227. The highest BCUT2D eigenvalue weighted by atomic mass is 32.2. The molecule has 136 valence electrons. The van der Waals surface area contributed by atoms with Crippen molar-refractivity contribution in [3.63, 3.8) is 0 Å². The molecule has 3 amide bonds. The number of thioether (sulfide) groups is 1. The minimum Gasteiger partial charge on any atom is -0.353 e. The molecule has 1 aliphatic carbocycles. The van der Waals surface area contributed by atoms with Crippen LogP contribution in [0.3, 0.4) is 0 Å². The van der Waals surface area contributed by atoms with Crippen LogP contribution in [0.5, 0.6) is 0 Å².